The topological polar surface area (TPSA) is 33.6 Å². The van der Waals surface area contributed by atoms with E-state index < -0.39 is 24.0 Å². The molecule has 0 saturated heterocycles. The number of hydrogen-bond acceptors (Lipinski definition) is 3. The van der Waals surface area contributed by atoms with Crippen LogP contribution in [0.4, 0.5) is 35.1 Å². The van der Waals surface area contributed by atoms with Gasteiger partial charge in [0.05, 0.1) is 11.2 Å². The van der Waals surface area contributed by atoms with Crippen LogP contribution >= 0.6 is 23.2 Å². The van der Waals surface area contributed by atoms with Gasteiger partial charge in [-0.2, -0.15) is 35.8 Å². The molecule has 30 heavy (non-hydrogen) atoms. The third-order valence-electron chi connectivity index (χ3n) is 3.49. The van der Waals surface area contributed by atoms with Crippen molar-refractivity contribution in [2.75, 3.05) is 0 Å². The van der Waals surface area contributed by atoms with Crippen molar-refractivity contribution in [2.24, 2.45) is 5.10 Å². The maximum absolute atomic E-state index is 13.3. The van der Waals surface area contributed by atoms with Crippen LogP contribution in [0, 0.1) is 5.82 Å². The summed E-state index contributed by atoms with van der Waals surface area (Å²) >= 11 is 11.7. The Kier molecular flexibility index (Phi) is 7.08. The van der Waals surface area contributed by atoms with Gasteiger partial charge in [0.25, 0.3) is 0 Å². The van der Waals surface area contributed by atoms with E-state index in [1.165, 1.54) is 18.2 Å². The van der Waals surface area contributed by atoms with Gasteiger partial charge >= 0.3 is 18.1 Å². The largest absolute Gasteiger partial charge is 0.487 e. The Balaban J connectivity index is 2.23. The molecular formula is C17H10Cl2F8N2O. The lowest BCUT2D eigenvalue weighted by Gasteiger charge is -2.27. The SMILES string of the molecule is Fc1ccc(COc2c(Cl)cc(Cl)cc2/C=N\NC(F)(F)C(F)(F)C(F)(F)F)cc1. The Hall–Kier alpha value is -2.27. The second-order valence-electron chi connectivity index (χ2n) is 5.74. The summed E-state index contributed by atoms with van der Waals surface area (Å²) in [6.45, 7) is -0.168. The molecule has 0 saturated carbocycles. The number of benzene rings is 2. The van der Waals surface area contributed by atoms with Crippen LogP contribution in [0.25, 0.3) is 0 Å². The van der Waals surface area contributed by atoms with Crippen LogP contribution < -0.4 is 10.2 Å². The molecule has 3 nitrogen and oxygen atoms in total. The molecule has 2 aromatic carbocycles. The first-order valence-corrected chi connectivity index (χ1v) is 8.49. The zero-order valence-electron chi connectivity index (χ0n) is 14.4. The van der Waals surface area contributed by atoms with Crippen molar-refractivity contribution in [3.05, 3.63) is 63.4 Å². The van der Waals surface area contributed by atoms with Gasteiger partial charge < -0.3 is 4.74 Å². The first-order valence-electron chi connectivity index (χ1n) is 7.73. The van der Waals surface area contributed by atoms with Crippen molar-refractivity contribution >= 4 is 29.4 Å². The lowest BCUT2D eigenvalue weighted by molar-refractivity contribution is -0.361. The highest BCUT2D eigenvalue weighted by molar-refractivity contribution is 6.36. The molecule has 0 radical (unpaired) electrons. The van der Waals surface area contributed by atoms with Crippen LogP contribution in [0.1, 0.15) is 11.1 Å². The quantitative estimate of drug-likeness (QED) is 0.214. The summed E-state index contributed by atoms with van der Waals surface area (Å²) < 4.78 is 107. The lowest BCUT2D eigenvalue weighted by Crippen LogP contribution is -2.58. The lowest BCUT2D eigenvalue weighted by atomic mass is 10.2. The number of alkyl halides is 7. The average Bonchev–Trinajstić information content (AvgIpc) is 2.61. The predicted molar refractivity (Wildman–Crippen MR) is 93.9 cm³/mol. The summed E-state index contributed by atoms with van der Waals surface area (Å²) in [6.07, 6.45) is -6.03. The van der Waals surface area contributed by atoms with Crippen LogP contribution in [-0.4, -0.2) is 24.4 Å². The van der Waals surface area contributed by atoms with Crippen molar-refractivity contribution in [3.8, 4) is 5.75 Å². The molecule has 2 aromatic rings. The average molecular weight is 481 g/mol. The van der Waals surface area contributed by atoms with Gasteiger partial charge in [0.1, 0.15) is 18.2 Å². The van der Waals surface area contributed by atoms with E-state index >= 15 is 0 Å². The number of rotatable bonds is 7. The number of nitrogens with one attached hydrogen (secondary N) is 1. The second-order valence-corrected chi connectivity index (χ2v) is 6.58. The van der Waals surface area contributed by atoms with Crippen LogP contribution in [0.15, 0.2) is 41.5 Å². The van der Waals surface area contributed by atoms with Gasteiger partial charge in [-0.25, -0.2) is 9.82 Å². The molecule has 0 heterocycles. The minimum atomic E-state index is -6.51. The van der Waals surface area contributed by atoms with Gasteiger partial charge in [-0.05, 0) is 29.8 Å². The van der Waals surface area contributed by atoms with E-state index in [0.29, 0.717) is 17.2 Å². The van der Waals surface area contributed by atoms with Crippen LogP contribution in [0.3, 0.4) is 0 Å². The molecule has 0 bridgehead atoms. The standard InChI is InChI=1S/C17H10Cl2F8N2O/c18-11-5-10(7-28-29-17(26,27)15(21,22)16(23,24)25)14(13(19)6-11)30-8-9-1-3-12(20)4-2-9/h1-7,29H,8H2/b28-7-. The molecule has 13 heteroatoms. The molecule has 0 aromatic heterocycles. The van der Waals surface area contributed by atoms with Crippen molar-refractivity contribution in [2.45, 2.75) is 24.8 Å². The minimum absolute atomic E-state index is 0.0250. The highest BCUT2D eigenvalue weighted by Crippen LogP contribution is 2.45. The number of hydrogen-bond donors (Lipinski definition) is 1. The summed E-state index contributed by atoms with van der Waals surface area (Å²) in [5.74, 6) is -7.06. The maximum Gasteiger partial charge on any atom is 0.462 e. The highest BCUT2D eigenvalue weighted by Gasteiger charge is 2.73. The van der Waals surface area contributed by atoms with Gasteiger partial charge in [-0.15, -0.1) is 0 Å². The van der Waals surface area contributed by atoms with E-state index in [2.05, 4.69) is 5.10 Å². The molecule has 2 rings (SSSR count). The fourth-order valence-electron chi connectivity index (χ4n) is 2.00. The number of halogens is 10. The van der Waals surface area contributed by atoms with Crippen molar-refractivity contribution < 1.29 is 39.9 Å². The van der Waals surface area contributed by atoms with E-state index in [1.807, 2.05) is 0 Å². The summed E-state index contributed by atoms with van der Waals surface area (Å²) in [7, 11) is 0. The molecule has 0 atom stereocenters. The molecule has 0 unspecified atom stereocenters. The summed E-state index contributed by atoms with van der Waals surface area (Å²) in [4.78, 5) is 0. The van der Waals surface area contributed by atoms with Crippen LogP contribution in [0.5, 0.6) is 5.75 Å². The molecule has 0 aliphatic rings. The highest BCUT2D eigenvalue weighted by atomic mass is 35.5. The van der Waals surface area contributed by atoms with E-state index in [4.69, 9.17) is 27.9 Å². The number of hydrazone groups is 1. The normalized spacial score (nSPS) is 13.0. The van der Waals surface area contributed by atoms with E-state index in [9.17, 15) is 35.1 Å². The smallest absolute Gasteiger partial charge is 0.462 e. The van der Waals surface area contributed by atoms with Gasteiger partial charge in [0.2, 0.25) is 0 Å². The van der Waals surface area contributed by atoms with Gasteiger partial charge in [-0.1, -0.05) is 35.3 Å². The Morgan fingerprint density at radius 2 is 1.57 bits per heavy atom. The van der Waals surface area contributed by atoms with Crippen LogP contribution in [-0.2, 0) is 6.61 Å². The van der Waals surface area contributed by atoms with E-state index in [-0.39, 0.29) is 28.0 Å². The molecule has 164 valence electrons. The Morgan fingerprint density at radius 3 is 2.13 bits per heavy atom. The Bertz CT molecular complexity index is 917. The van der Waals surface area contributed by atoms with Gasteiger partial charge in [-0.3, -0.25) is 0 Å². The van der Waals surface area contributed by atoms with Crippen LogP contribution in [0.2, 0.25) is 10.0 Å². The second kappa shape index (κ2) is 8.84. The molecule has 0 fully saturated rings. The summed E-state index contributed by atoms with van der Waals surface area (Å²) in [5.41, 5.74) is 0.768. The van der Waals surface area contributed by atoms with Crippen molar-refractivity contribution in [3.63, 3.8) is 0 Å². The zero-order chi connectivity index (χ0) is 22.7. The van der Waals surface area contributed by atoms with Gasteiger partial charge in [0.15, 0.2) is 0 Å². The molecule has 0 aliphatic carbocycles. The molecule has 0 aliphatic heterocycles. The Morgan fingerprint density at radius 1 is 0.967 bits per heavy atom. The number of ether oxygens (including phenoxy) is 1. The Labute approximate surface area is 174 Å². The van der Waals surface area contributed by atoms with Gasteiger partial charge in [0, 0.05) is 10.6 Å². The molecule has 1 N–H and O–H groups in total. The number of nitrogens with zero attached hydrogens (tertiary/aromatic N) is 1. The molecule has 0 spiro atoms. The molecule has 0 amide bonds. The molecular weight excluding hydrogens is 471 g/mol. The first-order chi connectivity index (χ1) is 13.7. The van der Waals surface area contributed by atoms with E-state index in [1.54, 1.807) is 0 Å². The zero-order valence-corrected chi connectivity index (χ0v) is 15.9. The van der Waals surface area contributed by atoms with Crippen molar-refractivity contribution in [1.82, 2.24) is 5.43 Å². The maximum atomic E-state index is 13.3. The third kappa shape index (κ3) is 5.45. The summed E-state index contributed by atoms with van der Waals surface area (Å²) in [6, 6.07) is 1.63. The third-order valence-corrected chi connectivity index (χ3v) is 3.99. The fourth-order valence-corrected chi connectivity index (χ4v) is 2.56. The minimum Gasteiger partial charge on any atom is -0.487 e. The first kappa shape index (κ1) is 24.0. The predicted octanol–water partition coefficient (Wildman–Crippen LogP) is 6.43. The summed E-state index contributed by atoms with van der Waals surface area (Å²) in [5, 5.41) is 2.60. The van der Waals surface area contributed by atoms with Crippen molar-refractivity contribution in [1.29, 1.82) is 0 Å². The monoisotopic (exact) mass is 480 g/mol. The van der Waals surface area contributed by atoms with E-state index in [0.717, 1.165) is 18.2 Å². The fraction of sp³-hybridized carbons (Fsp3) is 0.235.